The van der Waals surface area contributed by atoms with E-state index in [4.69, 9.17) is 12.2 Å². The van der Waals surface area contributed by atoms with Crippen LogP contribution in [0.15, 0.2) is 24.3 Å². The average molecular weight is 278 g/mol. The molecule has 0 unspecified atom stereocenters. The second-order valence-electron chi connectivity index (χ2n) is 4.69. The molecular formula is C13H18N4OS. The second kappa shape index (κ2) is 5.99. The van der Waals surface area contributed by atoms with Crippen LogP contribution in [0.4, 0.5) is 11.4 Å². The van der Waals surface area contributed by atoms with Gasteiger partial charge in [0.1, 0.15) is 6.54 Å². The van der Waals surface area contributed by atoms with Gasteiger partial charge in [-0.05, 0) is 38.4 Å². The summed E-state index contributed by atoms with van der Waals surface area (Å²) in [4.78, 5) is 15.6. The highest BCUT2D eigenvalue weighted by Crippen LogP contribution is 2.28. The fraction of sp³-hybridized carbons (Fsp3) is 0.385. The number of hydrogen-bond acceptors (Lipinski definition) is 3. The molecule has 0 bridgehead atoms. The van der Waals surface area contributed by atoms with E-state index in [1.165, 1.54) is 0 Å². The van der Waals surface area contributed by atoms with Crippen molar-refractivity contribution in [2.24, 2.45) is 0 Å². The van der Waals surface area contributed by atoms with Gasteiger partial charge in [-0.15, -0.1) is 0 Å². The first-order valence-corrected chi connectivity index (χ1v) is 6.58. The summed E-state index contributed by atoms with van der Waals surface area (Å²) in [6.07, 6.45) is 0. The third kappa shape index (κ3) is 3.42. The lowest BCUT2D eigenvalue weighted by Crippen LogP contribution is -2.48. The molecule has 102 valence electrons. The van der Waals surface area contributed by atoms with Crippen LogP contribution < -0.4 is 15.5 Å². The Balaban J connectivity index is 2.07. The number of thiocarbonyl (C=S) groups is 1. The monoisotopic (exact) mass is 278 g/mol. The summed E-state index contributed by atoms with van der Waals surface area (Å²) in [6, 6.07) is 7.66. The van der Waals surface area contributed by atoms with Gasteiger partial charge in [-0.1, -0.05) is 12.1 Å². The Hall–Kier alpha value is -1.66. The lowest BCUT2D eigenvalue weighted by Gasteiger charge is -2.31. The Labute approximate surface area is 118 Å². The molecule has 0 radical (unpaired) electrons. The second-order valence-corrected chi connectivity index (χ2v) is 5.07. The number of nitrogens with one attached hydrogen (secondary N) is 2. The van der Waals surface area contributed by atoms with Gasteiger partial charge in [0.2, 0.25) is 5.91 Å². The fourth-order valence-electron chi connectivity index (χ4n) is 1.90. The van der Waals surface area contributed by atoms with E-state index in [9.17, 15) is 4.79 Å². The lowest BCUT2D eigenvalue weighted by molar-refractivity contribution is -0.115. The van der Waals surface area contributed by atoms with Crippen molar-refractivity contribution in [1.82, 2.24) is 10.2 Å². The quantitative estimate of drug-likeness (QED) is 0.804. The summed E-state index contributed by atoms with van der Waals surface area (Å²) < 4.78 is 0. The maximum atomic E-state index is 11.7. The third-order valence-electron chi connectivity index (χ3n) is 2.85. The topological polar surface area (TPSA) is 47.6 Å². The minimum absolute atomic E-state index is 0.0459. The molecule has 2 N–H and O–H groups in total. The maximum Gasteiger partial charge on any atom is 0.244 e. The van der Waals surface area contributed by atoms with E-state index in [0.717, 1.165) is 24.5 Å². The smallest absolute Gasteiger partial charge is 0.244 e. The minimum Gasteiger partial charge on any atom is -0.361 e. The highest BCUT2D eigenvalue weighted by molar-refractivity contribution is 7.80. The van der Waals surface area contributed by atoms with E-state index in [1.54, 1.807) is 0 Å². The number of amides is 1. The van der Waals surface area contributed by atoms with Crippen molar-refractivity contribution in [2.45, 2.75) is 0 Å². The first-order valence-electron chi connectivity index (χ1n) is 6.17. The molecule has 19 heavy (non-hydrogen) atoms. The van der Waals surface area contributed by atoms with E-state index >= 15 is 0 Å². The van der Waals surface area contributed by atoms with Crippen molar-refractivity contribution in [3.63, 3.8) is 0 Å². The number of nitrogens with zero attached hydrogens (tertiary/aromatic N) is 2. The molecule has 5 nitrogen and oxygen atoms in total. The first kappa shape index (κ1) is 13.8. The zero-order chi connectivity index (χ0) is 13.8. The summed E-state index contributed by atoms with van der Waals surface area (Å²) in [5, 5.41) is 6.61. The zero-order valence-corrected chi connectivity index (χ0v) is 12.0. The van der Waals surface area contributed by atoms with E-state index < -0.39 is 0 Å². The molecule has 0 aromatic heterocycles. The van der Waals surface area contributed by atoms with Gasteiger partial charge in [0.25, 0.3) is 0 Å². The number of anilines is 2. The third-order valence-corrected chi connectivity index (χ3v) is 3.22. The molecule has 0 saturated heterocycles. The molecule has 1 aliphatic heterocycles. The number of para-hydroxylation sites is 2. The number of rotatable bonds is 3. The molecule has 6 heteroatoms. The standard InChI is InChI=1S/C13H18N4OS/c1-16(2)8-7-14-13(19)17-9-12(18)15-10-5-3-4-6-11(10)17/h3-6H,7-9H2,1-2H3,(H,14,19)(H,15,18). The number of carbonyl (C=O) groups excluding carboxylic acids is 1. The SMILES string of the molecule is CN(C)CCNC(=S)N1CC(=O)Nc2ccccc21. The zero-order valence-electron chi connectivity index (χ0n) is 11.1. The molecule has 1 amide bonds. The predicted molar refractivity (Wildman–Crippen MR) is 81.6 cm³/mol. The van der Waals surface area contributed by atoms with Gasteiger partial charge < -0.3 is 20.4 Å². The van der Waals surface area contributed by atoms with Gasteiger partial charge >= 0.3 is 0 Å². The van der Waals surface area contributed by atoms with Crippen LogP contribution in [0, 0.1) is 0 Å². The molecule has 1 aliphatic rings. The summed E-state index contributed by atoms with van der Waals surface area (Å²) in [5.41, 5.74) is 1.74. The fourth-order valence-corrected chi connectivity index (χ4v) is 2.16. The van der Waals surface area contributed by atoms with Crippen LogP contribution in [0.1, 0.15) is 0 Å². The van der Waals surface area contributed by atoms with E-state index in [-0.39, 0.29) is 12.5 Å². The van der Waals surface area contributed by atoms with Gasteiger partial charge in [0, 0.05) is 13.1 Å². The van der Waals surface area contributed by atoms with Crippen LogP contribution in [0.5, 0.6) is 0 Å². The molecule has 0 atom stereocenters. The molecular weight excluding hydrogens is 260 g/mol. The van der Waals surface area contributed by atoms with Crippen molar-refractivity contribution in [1.29, 1.82) is 0 Å². The number of benzene rings is 1. The van der Waals surface area contributed by atoms with E-state index in [1.807, 2.05) is 43.3 Å². The Kier molecular flexibility index (Phi) is 4.34. The molecule has 1 aromatic rings. The molecule has 0 saturated carbocycles. The Morgan fingerprint density at radius 3 is 2.95 bits per heavy atom. The molecule has 0 fully saturated rings. The lowest BCUT2D eigenvalue weighted by atomic mass is 10.2. The van der Waals surface area contributed by atoms with Crippen LogP contribution in [-0.2, 0) is 4.79 Å². The summed E-state index contributed by atoms with van der Waals surface area (Å²) in [6.45, 7) is 1.90. The first-order chi connectivity index (χ1) is 9.08. The van der Waals surface area contributed by atoms with Crippen LogP contribution in [0.3, 0.4) is 0 Å². The Bertz CT molecular complexity index is 489. The summed E-state index contributed by atoms with van der Waals surface area (Å²) >= 11 is 5.37. The van der Waals surface area contributed by atoms with Crippen LogP contribution in [-0.4, -0.2) is 49.6 Å². The van der Waals surface area contributed by atoms with Gasteiger partial charge in [0.15, 0.2) is 5.11 Å². The Morgan fingerprint density at radius 2 is 2.21 bits per heavy atom. The predicted octanol–water partition coefficient (Wildman–Crippen LogP) is 0.881. The summed E-state index contributed by atoms with van der Waals surface area (Å²) in [5.74, 6) is -0.0459. The molecule has 0 spiro atoms. The highest BCUT2D eigenvalue weighted by atomic mass is 32.1. The molecule has 1 heterocycles. The number of hydrogen-bond donors (Lipinski definition) is 2. The van der Waals surface area contributed by atoms with Crippen LogP contribution in [0.25, 0.3) is 0 Å². The van der Waals surface area contributed by atoms with Crippen molar-refractivity contribution in [3.8, 4) is 0 Å². The molecule has 1 aromatic carbocycles. The van der Waals surface area contributed by atoms with Crippen molar-refractivity contribution < 1.29 is 4.79 Å². The number of fused-ring (bicyclic) bond motifs is 1. The number of likely N-dealkylation sites (N-methyl/N-ethyl adjacent to an activating group) is 1. The highest BCUT2D eigenvalue weighted by Gasteiger charge is 2.24. The minimum atomic E-state index is -0.0459. The van der Waals surface area contributed by atoms with Gasteiger partial charge in [-0.2, -0.15) is 0 Å². The van der Waals surface area contributed by atoms with Crippen molar-refractivity contribution in [2.75, 3.05) is 43.9 Å². The maximum absolute atomic E-state index is 11.7. The van der Waals surface area contributed by atoms with Crippen LogP contribution in [0.2, 0.25) is 0 Å². The molecule has 2 rings (SSSR count). The normalized spacial score (nSPS) is 14.1. The van der Waals surface area contributed by atoms with Gasteiger partial charge in [0.05, 0.1) is 11.4 Å². The van der Waals surface area contributed by atoms with E-state index in [2.05, 4.69) is 15.5 Å². The largest absolute Gasteiger partial charge is 0.361 e. The van der Waals surface area contributed by atoms with Crippen molar-refractivity contribution >= 4 is 34.6 Å². The number of carbonyl (C=O) groups is 1. The van der Waals surface area contributed by atoms with E-state index in [0.29, 0.717) is 5.11 Å². The Morgan fingerprint density at radius 1 is 1.47 bits per heavy atom. The summed E-state index contributed by atoms with van der Waals surface area (Å²) in [7, 11) is 4.02. The average Bonchev–Trinajstić information content (AvgIpc) is 2.37. The van der Waals surface area contributed by atoms with Gasteiger partial charge in [-0.25, -0.2) is 0 Å². The van der Waals surface area contributed by atoms with Crippen molar-refractivity contribution in [3.05, 3.63) is 24.3 Å². The van der Waals surface area contributed by atoms with Crippen LogP contribution >= 0.6 is 12.2 Å². The van der Waals surface area contributed by atoms with Gasteiger partial charge in [-0.3, -0.25) is 4.79 Å². The molecule has 0 aliphatic carbocycles.